The van der Waals surface area contributed by atoms with Crippen LogP contribution in [0.15, 0.2) is 134 Å². The van der Waals surface area contributed by atoms with Crippen LogP contribution in [0.25, 0.3) is 0 Å². The molecule has 14 rings (SSSR count). The second kappa shape index (κ2) is 27.6. The molecule has 21 heteroatoms. The number of sulfonamides is 1. The molecule has 6 heterocycles. The van der Waals surface area contributed by atoms with Gasteiger partial charge in [-0.05, 0) is 228 Å². The van der Waals surface area contributed by atoms with Crippen LogP contribution in [0, 0.1) is 47.4 Å². The Bertz CT molecular complexity index is 4080. The van der Waals surface area contributed by atoms with Gasteiger partial charge < -0.3 is 28.7 Å². The molecule has 0 radical (unpaired) electrons. The molecule has 8 aliphatic rings. The summed E-state index contributed by atoms with van der Waals surface area (Å²) in [7, 11) is -3.80. The van der Waals surface area contributed by atoms with Crippen molar-refractivity contribution in [3.8, 4) is 11.5 Å². The number of fused-ring (bicyclic) bond motifs is 8. The number of carbonyl (C=O) groups excluding carboxylic acids is 2. The highest BCUT2D eigenvalue weighted by Gasteiger charge is 2.53. The molecular formula is C77H88Cl2F2N6O9S2. The summed E-state index contributed by atoms with van der Waals surface area (Å²) in [6.07, 6.45) is 20.9. The number of pyridine rings is 2. The van der Waals surface area contributed by atoms with Gasteiger partial charge in [0.05, 0.1) is 39.5 Å². The normalized spacial score (nSPS) is 32.7. The summed E-state index contributed by atoms with van der Waals surface area (Å²) in [5.74, 6) is 2.75. The minimum Gasteiger partial charge on any atom is -0.490 e. The highest BCUT2D eigenvalue weighted by Crippen LogP contribution is 2.55. The molecule has 6 aromatic rings. The molecule has 4 bridgehead atoms. The lowest BCUT2D eigenvalue weighted by molar-refractivity contribution is -0.0828. The standard InChI is InChI=1S/C39H45ClFN3O4S.C38H43ClFN3O5S/c1-25-8-5-18-39(47-3,33-10-7-19-42-36(33)41)32-14-11-29(32)22-44-23-38(17-6-9-27-20-30(40)13-15-31(27)38)24-48-35-16-12-28(21-34(35)44)37(45)43-49(4,46)26(25)2;1-24-7-4-17-38(47-3,32-9-6-18-41-35(32)40)31-13-10-28(31)21-43-22-37(16-5-8-26-19-29(39)12-14-30(26)37)23-48-34-15-11-27(20-33(34)43)36(44)42-49(45,46)25(24)2/h5,7,10,12-13,15-16,18-21,25-26,29,32H,4,6,8-9,11,14,17,22-24H2,1-3H3,(H,43,45,46);4,6,9,11-12,14-15,17-20,24-25,28,31H,5,7-8,10,13,16,21-23H2,1-3H3,(H,42,44)/b18-5+;17-4+/t25-,26+,29-,32+,38-,39-,49?;24-,25+,28-,31+,37-,38+/m00/s1. The topological polar surface area (TPSA) is 179 Å². The fraction of sp³-hybridized carbons (Fsp3) is 0.468. The van der Waals surface area contributed by atoms with Gasteiger partial charge in [-0.15, -0.1) is 0 Å². The molecule has 2 saturated carbocycles. The lowest BCUT2D eigenvalue weighted by atomic mass is 9.62. The lowest BCUT2D eigenvalue weighted by Crippen LogP contribution is -2.52. The second-order valence-electron chi connectivity index (χ2n) is 28.9. The zero-order valence-electron chi connectivity index (χ0n) is 56.5. The van der Waals surface area contributed by atoms with E-state index in [0.717, 1.165) is 80.6 Å². The first-order chi connectivity index (χ1) is 46.9. The number of halogens is 4. The van der Waals surface area contributed by atoms with Crippen LogP contribution in [0.1, 0.15) is 146 Å². The fourth-order valence-corrected chi connectivity index (χ4v) is 20.3. The van der Waals surface area contributed by atoms with Gasteiger partial charge in [0.25, 0.3) is 11.8 Å². The number of methoxy groups -OCH3 is 2. The van der Waals surface area contributed by atoms with E-state index in [0.29, 0.717) is 85.4 Å². The molecule has 4 aliphatic heterocycles. The maximum atomic E-state index is 15.6. The van der Waals surface area contributed by atoms with Crippen molar-refractivity contribution in [2.75, 3.05) is 63.4 Å². The van der Waals surface area contributed by atoms with E-state index >= 15 is 8.78 Å². The van der Waals surface area contributed by atoms with E-state index in [-0.39, 0.29) is 51.9 Å². The Hall–Kier alpha value is -6.87. The summed E-state index contributed by atoms with van der Waals surface area (Å²) in [5, 5.41) is 0.122. The summed E-state index contributed by atoms with van der Waals surface area (Å²) >= 11 is 12.9. The zero-order chi connectivity index (χ0) is 69.1. The summed E-state index contributed by atoms with van der Waals surface area (Å²) in [5.41, 5.74) is 5.05. The number of nitrogens with one attached hydrogen (secondary N) is 2. The van der Waals surface area contributed by atoms with Crippen LogP contribution in [0.3, 0.4) is 0 Å². The monoisotopic (exact) mass is 1410 g/mol. The van der Waals surface area contributed by atoms with Crippen molar-refractivity contribution in [3.63, 3.8) is 0 Å². The number of allylic oxidation sites excluding steroid dienone is 2. The molecule has 1 unspecified atom stereocenters. The quantitative estimate of drug-likeness (QED) is 0.0968. The SMILES string of the molecule is C=S1(=O)NC(=O)c2ccc3c(c2)N(C[C@@H]2CC[C@H]2[C@](OC)(c2cccnc2F)/C=C/C[C@H](C)[C@H]1C)C[C@@]1(CCCc2cc(Cl)ccc21)CO3.CO[C@]1(c2cccnc2F)/C=C/C[C@H](C)[C@@H](C)S(=O)(=O)NC(=O)c2ccc3c(c2)N(C[C@@H]2CC[C@H]21)C[C@@]1(CCCc2cc(Cl)ccc21)CO3. The van der Waals surface area contributed by atoms with Crippen molar-refractivity contribution in [2.24, 2.45) is 35.5 Å². The van der Waals surface area contributed by atoms with E-state index in [2.05, 4.69) is 59.3 Å². The van der Waals surface area contributed by atoms with Crippen LogP contribution < -0.4 is 28.7 Å². The number of rotatable bonds is 4. The molecule has 15 nitrogen and oxygen atoms in total. The van der Waals surface area contributed by atoms with Crippen LogP contribution in [0.2, 0.25) is 10.0 Å². The third-order valence-corrected chi connectivity index (χ3v) is 28.0. The lowest BCUT2D eigenvalue weighted by Gasteiger charge is -2.50. The molecule has 13 atom stereocenters. The smallest absolute Gasteiger partial charge is 0.264 e. The molecule has 0 saturated heterocycles. The summed E-state index contributed by atoms with van der Waals surface area (Å²) in [4.78, 5) is 39.9. The van der Waals surface area contributed by atoms with Gasteiger partial charge in [-0.2, -0.15) is 8.78 Å². The molecule has 4 aromatic carbocycles. The molecular weight excluding hydrogens is 1330 g/mol. The van der Waals surface area contributed by atoms with E-state index in [1.807, 2.05) is 69.3 Å². The Morgan fingerprint density at radius 3 is 1.47 bits per heavy atom. The Morgan fingerprint density at radius 1 is 0.592 bits per heavy atom. The number of carbonyl (C=O) groups is 2. The number of nitrogens with zero attached hydrogens (tertiary/aromatic N) is 4. The van der Waals surface area contributed by atoms with Crippen molar-refractivity contribution in [1.82, 2.24) is 19.4 Å². The summed E-state index contributed by atoms with van der Waals surface area (Å²) < 4.78 is 103. The fourth-order valence-electron chi connectivity index (χ4n) is 17.2. The van der Waals surface area contributed by atoms with Gasteiger partial charge in [0.15, 0.2) is 0 Å². The number of aryl methyl sites for hydroxylation is 2. The largest absolute Gasteiger partial charge is 0.490 e. The number of hydrogen-bond acceptors (Lipinski definition) is 13. The van der Waals surface area contributed by atoms with E-state index < -0.39 is 65.1 Å². The van der Waals surface area contributed by atoms with Crippen LogP contribution in [-0.4, -0.2) is 104 Å². The average Bonchev–Trinajstić information content (AvgIpc) is 0.940. The second-order valence-corrected chi connectivity index (χ2v) is 34.2. The Kier molecular flexibility index (Phi) is 19.6. The predicted molar refractivity (Wildman–Crippen MR) is 383 cm³/mol. The van der Waals surface area contributed by atoms with Crippen molar-refractivity contribution < 1.29 is 49.9 Å². The Labute approximate surface area is 585 Å². The van der Waals surface area contributed by atoms with Gasteiger partial charge in [0.1, 0.15) is 22.7 Å². The number of hydrogen-bond donors (Lipinski definition) is 2. The van der Waals surface area contributed by atoms with E-state index in [1.165, 1.54) is 34.6 Å². The van der Waals surface area contributed by atoms with E-state index in [9.17, 15) is 22.2 Å². The number of amides is 2. The number of anilines is 2. The van der Waals surface area contributed by atoms with Crippen molar-refractivity contribution in [3.05, 3.63) is 200 Å². The third-order valence-electron chi connectivity index (χ3n) is 23.4. The van der Waals surface area contributed by atoms with E-state index in [4.69, 9.17) is 42.1 Å². The molecule has 4 aliphatic carbocycles. The van der Waals surface area contributed by atoms with Gasteiger partial charge in [-0.1, -0.05) is 73.5 Å². The highest BCUT2D eigenvalue weighted by atomic mass is 35.5. The molecule has 2 spiro atoms. The molecule has 2 amide bonds. The van der Waals surface area contributed by atoms with Crippen molar-refractivity contribution in [2.45, 2.75) is 137 Å². The van der Waals surface area contributed by atoms with Crippen LogP contribution >= 0.6 is 23.2 Å². The minimum absolute atomic E-state index is 0.0438. The molecule has 520 valence electrons. The predicted octanol–water partition coefficient (Wildman–Crippen LogP) is 14.2. The first-order valence-electron chi connectivity index (χ1n) is 34.5. The minimum atomic E-state index is -4.03. The van der Waals surface area contributed by atoms with Gasteiger partial charge in [-0.25, -0.2) is 27.3 Å². The maximum Gasteiger partial charge on any atom is 0.264 e. The molecule has 98 heavy (non-hydrogen) atoms. The molecule has 2 fully saturated rings. The highest BCUT2D eigenvalue weighted by molar-refractivity contribution is 7.99. The molecule has 2 N–H and O–H groups in total. The van der Waals surface area contributed by atoms with Gasteiger partial charge >= 0.3 is 0 Å². The van der Waals surface area contributed by atoms with Gasteiger partial charge in [-0.3, -0.25) is 14.3 Å². The first-order valence-corrected chi connectivity index (χ1v) is 38.5. The van der Waals surface area contributed by atoms with Crippen molar-refractivity contribution in [1.29, 1.82) is 0 Å². The molecule has 2 aromatic heterocycles. The summed E-state index contributed by atoms with van der Waals surface area (Å²) in [6.45, 7) is 10.7. The van der Waals surface area contributed by atoms with E-state index in [1.54, 1.807) is 69.7 Å². The average molecular weight is 1410 g/mol. The van der Waals surface area contributed by atoms with Gasteiger partial charge in [0.2, 0.25) is 21.9 Å². The van der Waals surface area contributed by atoms with Crippen LogP contribution in [0.5, 0.6) is 11.5 Å². The van der Waals surface area contributed by atoms with Crippen LogP contribution in [-0.2, 0) is 64.1 Å². The number of ether oxygens (including phenoxy) is 4. The first kappa shape index (κ1) is 69.6. The third kappa shape index (κ3) is 13.0. The van der Waals surface area contributed by atoms with Crippen LogP contribution in [0.4, 0.5) is 20.2 Å². The zero-order valence-corrected chi connectivity index (χ0v) is 59.7. The number of aromatic nitrogens is 2. The Morgan fingerprint density at radius 2 is 1.04 bits per heavy atom. The summed E-state index contributed by atoms with van der Waals surface area (Å²) in [6, 6.07) is 29.9. The van der Waals surface area contributed by atoms with Gasteiger partial charge in [0, 0.05) is 113 Å². The van der Waals surface area contributed by atoms with Crippen molar-refractivity contribution >= 4 is 72.0 Å². The maximum absolute atomic E-state index is 15.6. The Balaban J connectivity index is 0.000000176. The number of benzene rings is 4.